The number of para-hydroxylation sites is 2. The zero-order valence-corrected chi connectivity index (χ0v) is 26.8. The number of fused-ring (bicyclic) bond motifs is 7. The summed E-state index contributed by atoms with van der Waals surface area (Å²) in [5.74, 6) is 1.77. The Morgan fingerprint density at radius 3 is 1.80 bits per heavy atom. The van der Waals surface area contributed by atoms with E-state index in [9.17, 15) is 0 Å². The minimum Gasteiger partial charge on any atom is -0.457 e. The number of benzene rings is 8. The quantitative estimate of drug-likeness (QED) is 0.190. The molecule has 2 heterocycles. The van der Waals surface area contributed by atoms with Gasteiger partial charge in [0, 0.05) is 33.0 Å². The van der Waals surface area contributed by atoms with Crippen LogP contribution in [0.4, 0.5) is 0 Å². The van der Waals surface area contributed by atoms with Crippen molar-refractivity contribution >= 4 is 32.6 Å². The number of hydrogen-bond acceptors (Lipinski definition) is 1. The summed E-state index contributed by atoms with van der Waals surface area (Å²) in [5.41, 5.74) is 10.1. The van der Waals surface area contributed by atoms with Crippen molar-refractivity contribution in [1.29, 1.82) is 0 Å². The maximum absolute atomic E-state index is 6.65. The molecule has 2 heteroatoms. The van der Waals surface area contributed by atoms with Crippen LogP contribution in [0.3, 0.4) is 0 Å². The topological polar surface area (TPSA) is 14.2 Å². The number of rotatable bonds is 4. The average molecular weight is 626 g/mol. The first-order chi connectivity index (χ1) is 24.3. The van der Waals surface area contributed by atoms with Crippen LogP contribution in [0, 0.1) is 0 Å². The van der Waals surface area contributed by atoms with Crippen LogP contribution in [-0.4, -0.2) is 4.57 Å². The van der Waals surface area contributed by atoms with Gasteiger partial charge in [-0.05, 0) is 64.0 Å². The molecular weight excluding hydrogens is 595 g/mol. The largest absolute Gasteiger partial charge is 0.457 e. The molecule has 1 aromatic heterocycles. The third-order valence-electron chi connectivity index (χ3n) is 10.3. The van der Waals surface area contributed by atoms with E-state index in [2.05, 4.69) is 193 Å². The Morgan fingerprint density at radius 2 is 1.02 bits per heavy atom. The second kappa shape index (κ2) is 10.8. The summed E-state index contributed by atoms with van der Waals surface area (Å²) < 4.78 is 9.07. The molecule has 10 rings (SSSR count). The molecule has 0 radical (unpaired) electrons. The monoisotopic (exact) mass is 625 g/mol. The van der Waals surface area contributed by atoms with Crippen molar-refractivity contribution in [2.24, 2.45) is 0 Å². The van der Waals surface area contributed by atoms with Crippen molar-refractivity contribution < 1.29 is 4.74 Å². The highest BCUT2D eigenvalue weighted by molar-refractivity contribution is 6.18. The lowest BCUT2D eigenvalue weighted by molar-refractivity contribution is 0.434. The van der Waals surface area contributed by atoms with Gasteiger partial charge in [-0.1, -0.05) is 152 Å². The van der Waals surface area contributed by atoms with Crippen LogP contribution in [0.2, 0.25) is 0 Å². The molecule has 0 N–H and O–H groups in total. The number of hydrogen-bond donors (Lipinski definition) is 0. The Hall–Kier alpha value is -6.38. The van der Waals surface area contributed by atoms with Crippen LogP contribution < -0.4 is 4.74 Å². The third-order valence-corrected chi connectivity index (χ3v) is 10.3. The van der Waals surface area contributed by atoms with E-state index < -0.39 is 5.41 Å². The fourth-order valence-electron chi connectivity index (χ4n) is 8.19. The predicted molar refractivity (Wildman–Crippen MR) is 202 cm³/mol. The summed E-state index contributed by atoms with van der Waals surface area (Å²) in [7, 11) is 0. The van der Waals surface area contributed by atoms with Gasteiger partial charge in [0.15, 0.2) is 0 Å². The smallest absolute Gasteiger partial charge is 0.132 e. The lowest BCUT2D eigenvalue weighted by Gasteiger charge is -2.41. The molecule has 230 valence electrons. The molecule has 0 saturated heterocycles. The number of aromatic nitrogens is 1. The molecule has 0 bridgehead atoms. The van der Waals surface area contributed by atoms with E-state index in [-0.39, 0.29) is 0 Å². The van der Waals surface area contributed by atoms with Crippen molar-refractivity contribution in [2.45, 2.75) is 5.41 Å². The van der Waals surface area contributed by atoms with Gasteiger partial charge in [-0.25, -0.2) is 0 Å². The molecule has 49 heavy (non-hydrogen) atoms. The molecule has 0 saturated carbocycles. The summed E-state index contributed by atoms with van der Waals surface area (Å²) in [6, 6.07) is 67.8. The van der Waals surface area contributed by atoms with Gasteiger partial charge in [-0.2, -0.15) is 0 Å². The zero-order valence-electron chi connectivity index (χ0n) is 26.8. The molecule has 0 unspecified atom stereocenters. The minimum atomic E-state index is -0.549. The third kappa shape index (κ3) is 4.07. The molecule has 2 nitrogen and oxygen atoms in total. The first kappa shape index (κ1) is 27.7. The van der Waals surface area contributed by atoms with Crippen molar-refractivity contribution in [3.05, 3.63) is 210 Å². The van der Waals surface area contributed by atoms with E-state index in [1.54, 1.807) is 0 Å². The lowest BCUT2D eigenvalue weighted by Crippen LogP contribution is -2.34. The minimum absolute atomic E-state index is 0.549. The first-order valence-corrected chi connectivity index (χ1v) is 16.9. The van der Waals surface area contributed by atoms with Crippen LogP contribution in [0.5, 0.6) is 11.5 Å². The molecule has 0 aliphatic carbocycles. The van der Waals surface area contributed by atoms with Crippen LogP contribution in [0.1, 0.15) is 22.3 Å². The van der Waals surface area contributed by atoms with Gasteiger partial charge in [0.25, 0.3) is 0 Å². The normalized spacial score (nSPS) is 13.2. The van der Waals surface area contributed by atoms with Crippen LogP contribution in [-0.2, 0) is 5.41 Å². The SMILES string of the molecule is c1ccc(C2(c3ccccc3)c3ccccc3Oc3ccc(-c4ccc(-n5c6ccccc6c6ccc7ccccc7c65)cc4)cc32)cc1. The van der Waals surface area contributed by atoms with E-state index in [1.165, 1.54) is 43.7 Å². The maximum Gasteiger partial charge on any atom is 0.132 e. The van der Waals surface area contributed by atoms with Gasteiger partial charge < -0.3 is 9.30 Å². The van der Waals surface area contributed by atoms with Crippen LogP contribution in [0.25, 0.3) is 49.4 Å². The Morgan fingerprint density at radius 1 is 0.408 bits per heavy atom. The van der Waals surface area contributed by atoms with Crippen molar-refractivity contribution in [1.82, 2.24) is 4.57 Å². The molecule has 9 aromatic rings. The van der Waals surface area contributed by atoms with Crippen LogP contribution >= 0.6 is 0 Å². The van der Waals surface area contributed by atoms with Gasteiger partial charge in [-0.15, -0.1) is 0 Å². The first-order valence-electron chi connectivity index (χ1n) is 16.9. The van der Waals surface area contributed by atoms with Crippen molar-refractivity contribution in [2.75, 3.05) is 0 Å². The Balaban J connectivity index is 1.17. The zero-order chi connectivity index (χ0) is 32.4. The molecule has 1 aliphatic heterocycles. The van der Waals surface area contributed by atoms with E-state index in [1.807, 2.05) is 0 Å². The summed E-state index contributed by atoms with van der Waals surface area (Å²) in [6.07, 6.45) is 0. The van der Waals surface area contributed by atoms with Crippen LogP contribution in [0.15, 0.2) is 188 Å². The highest BCUT2D eigenvalue weighted by Crippen LogP contribution is 2.55. The highest BCUT2D eigenvalue weighted by Gasteiger charge is 2.45. The second-order valence-electron chi connectivity index (χ2n) is 12.9. The summed E-state index contributed by atoms with van der Waals surface area (Å²) >= 11 is 0. The highest BCUT2D eigenvalue weighted by atomic mass is 16.5. The second-order valence-corrected chi connectivity index (χ2v) is 12.9. The van der Waals surface area contributed by atoms with E-state index >= 15 is 0 Å². The molecule has 0 atom stereocenters. The summed E-state index contributed by atoms with van der Waals surface area (Å²) in [5, 5.41) is 5.04. The van der Waals surface area contributed by atoms with Gasteiger partial charge in [0.2, 0.25) is 0 Å². The van der Waals surface area contributed by atoms with E-state index in [4.69, 9.17) is 4.74 Å². The average Bonchev–Trinajstić information content (AvgIpc) is 3.52. The number of ether oxygens (including phenoxy) is 1. The predicted octanol–water partition coefficient (Wildman–Crippen LogP) is 12.1. The van der Waals surface area contributed by atoms with Gasteiger partial charge >= 0.3 is 0 Å². The molecule has 1 aliphatic rings. The van der Waals surface area contributed by atoms with E-state index in [0.29, 0.717) is 0 Å². The Kier molecular flexibility index (Phi) is 6.13. The fraction of sp³-hybridized carbons (Fsp3) is 0.0213. The standard InChI is InChI=1S/C47H31NO/c1-3-14-35(15-4-1)47(36-16-5-2-6-17-36)41-20-10-12-22-44(41)49-45-30-26-34(31-42(45)47)32-23-27-37(28-24-32)48-43-21-11-9-19-39(43)40-29-25-33-13-7-8-18-38(33)46(40)48/h1-31H. The molecule has 0 amide bonds. The molecule has 8 aromatic carbocycles. The summed E-state index contributed by atoms with van der Waals surface area (Å²) in [4.78, 5) is 0. The van der Waals surface area contributed by atoms with E-state index in [0.717, 1.165) is 39.4 Å². The molecular formula is C47H31NO. The Labute approximate surface area is 285 Å². The van der Waals surface area contributed by atoms with Gasteiger partial charge in [-0.3, -0.25) is 0 Å². The Bertz CT molecular complexity index is 2630. The summed E-state index contributed by atoms with van der Waals surface area (Å²) in [6.45, 7) is 0. The maximum atomic E-state index is 6.65. The molecule has 0 spiro atoms. The number of nitrogens with zero attached hydrogens (tertiary/aromatic N) is 1. The van der Waals surface area contributed by atoms with Crippen molar-refractivity contribution in [3.63, 3.8) is 0 Å². The van der Waals surface area contributed by atoms with Gasteiger partial charge in [0.05, 0.1) is 16.4 Å². The lowest BCUT2D eigenvalue weighted by atomic mass is 9.63. The fourth-order valence-corrected chi connectivity index (χ4v) is 8.19. The van der Waals surface area contributed by atoms with Gasteiger partial charge in [0.1, 0.15) is 11.5 Å². The molecule has 0 fully saturated rings. The van der Waals surface area contributed by atoms with Crippen molar-refractivity contribution in [3.8, 4) is 28.3 Å².